The zero-order valence-corrected chi connectivity index (χ0v) is 18.1. The molecule has 160 valence electrons. The second-order valence-corrected chi connectivity index (χ2v) is 7.97. The van der Waals surface area contributed by atoms with E-state index in [4.69, 9.17) is 9.72 Å². The van der Waals surface area contributed by atoms with Crippen molar-refractivity contribution in [1.29, 1.82) is 0 Å². The Kier molecular flexibility index (Phi) is 4.97. The van der Waals surface area contributed by atoms with Crippen LogP contribution in [0.4, 0.5) is 28.7 Å². The van der Waals surface area contributed by atoms with Gasteiger partial charge in [0.25, 0.3) is 0 Å². The molecule has 5 rings (SSSR count). The molecule has 0 radical (unpaired) electrons. The van der Waals surface area contributed by atoms with E-state index in [1.54, 1.807) is 0 Å². The molecule has 2 aliphatic rings. The number of pyridine rings is 1. The molecule has 0 saturated carbocycles. The van der Waals surface area contributed by atoms with E-state index in [0.29, 0.717) is 18.4 Å². The Balaban J connectivity index is 1.38. The fraction of sp³-hybridized carbons (Fsp3) is 0.348. The van der Waals surface area contributed by atoms with E-state index in [1.807, 2.05) is 25.5 Å². The van der Waals surface area contributed by atoms with Crippen LogP contribution in [0.1, 0.15) is 22.4 Å². The van der Waals surface area contributed by atoms with Gasteiger partial charge in [0, 0.05) is 43.3 Å². The molecule has 1 aromatic carbocycles. The summed E-state index contributed by atoms with van der Waals surface area (Å²) in [6, 6.07) is 6.19. The largest absolute Gasteiger partial charge is 0.474 e. The number of hydrogen-bond donors (Lipinski definition) is 3. The third-order valence-corrected chi connectivity index (χ3v) is 5.96. The second kappa shape index (κ2) is 7.94. The minimum Gasteiger partial charge on any atom is -0.474 e. The number of anilines is 5. The number of nitrogens with one attached hydrogen (secondary N) is 3. The standard InChI is InChI=1S/C23H27N7O/c1-14-10-17(4-5-18(14)24-3)28-23-27-11-16-6-8-30(13-19(16)29-23)20-12-26-22-21(15(20)2)25-7-9-31-22/h4-5,10-12,24-25H,6-9,13H2,1-3H3,(H,27,28,29). The molecule has 0 bridgehead atoms. The van der Waals surface area contributed by atoms with Gasteiger partial charge in [-0.1, -0.05) is 0 Å². The van der Waals surface area contributed by atoms with Gasteiger partial charge >= 0.3 is 0 Å². The SMILES string of the molecule is CNc1ccc(Nc2ncc3c(n2)CN(c2cnc4c(c2C)NCCO4)CC3)cc1C. The van der Waals surface area contributed by atoms with Gasteiger partial charge in [-0.3, -0.25) is 0 Å². The highest BCUT2D eigenvalue weighted by molar-refractivity contribution is 5.70. The lowest BCUT2D eigenvalue weighted by atomic mass is 10.0. The summed E-state index contributed by atoms with van der Waals surface area (Å²) in [5.74, 6) is 1.31. The van der Waals surface area contributed by atoms with Crippen molar-refractivity contribution in [2.45, 2.75) is 26.8 Å². The van der Waals surface area contributed by atoms with Crippen molar-refractivity contribution in [2.75, 3.05) is 47.6 Å². The molecule has 3 N–H and O–H groups in total. The summed E-state index contributed by atoms with van der Waals surface area (Å²) in [6.45, 7) is 7.30. The number of rotatable bonds is 4. The molecular weight excluding hydrogens is 390 g/mol. The molecule has 0 unspecified atom stereocenters. The van der Waals surface area contributed by atoms with Gasteiger partial charge in [-0.25, -0.2) is 15.0 Å². The van der Waals surface area contributed by atoms with Crippen molar-refractivity contribution in [1.82, 2.24) is 15.0 Å². The third-order valence-electron chi connectivity index (χ3n) is 5.96. The monoisotopic (exact) mass is 417 g/mol. The van der Waals surface area contributed by atoms with E-state index in [2.05, 4.69) is 56.8 Å². The average molecular weight is 418 g/mol. The minimum atomic E-state index is 0.618. The van der Waals surface area contributed by atoms with Crippen molar-refractivity contribution in [2.24, 2.45) is 0 Å². The van der Waals surface area contributed by atoms with E-state index in [-0.39, 0.29) is 0 Å². The summed E-state index contributed by atoms with van der Waals surface area (Å²) in [5.41, 5.74) is 8.80. The first-order valence-electron chi connectivity index (χ1n) is 10.6. The predicted octanol–water partition coefficient (Wildman–Crippen LogP) is 3.64. The van der Waals surface area contributed by atoms with Crippen LogP contribution in [-0.4, -0.2) is 41.7 Å². The number of hydrogen-bond acceptors (Lipinski definition) is 8. The number of fused-ring (bicyclic) bond motifs is 2. The van der Waals surface area contributed by atoms with Crippen molar-refractivity contribution >= 4 is 28.7 Å². The first-order valence-corrected chi connectivity index (χ1v) is 10.6. The van der Waals surface area contributed by atoms with Crippen LogP contribution >= 0.6 is 0 Å². The zero-order valence-electron chi connectivity index (χ0n) is 18.1. The number of nitrogens with zero attached hydrogens (tertiary/aromatic N) is 4. The van der Waals surface area contributed by atoms with Crippen LogP contribution in [0, 0.1) is 13.8 Å². The lowest BCUT2D eigenvalue weighted by Crippen LogP contribution is -2.32. The highest BCUT2D eigenvalue weighted by atomic mass is 16.5. The lowest BCUT2D eigenvalue weighted by Gasteiger charge is -2.32. The Hall–Kier alpha value is -3.55. The summed E-state index contributed by atoms with van der Waals surface area (Å²) >= 11 is 0. The second-order valence-electron chi connectivity index (χ2n) is 7.97. The van der Waals surface area contributed by atoms with Crippen molar-refractivity contribution < 1.29 is 4.74 Å². The Morgan fingerprint density at radius 2 is 2.06 bits per heavy atom. The maximum Gasteiger partial charge on any atom is 0.237 e. The van der Waals surface area contributed by atoms with Crippen molar-refractivity contribution in [3.8, 4) is 5.88 Å². The van der Waals surface area contributed by atoms with Gasteiger partial charge in [-0.2, -0.15) is 0 Å². The summed E-state index contributed by atoms with van der Waals surface area (Å²) in [5, 5.41) is 9.96. The molecule has 8 heteroatoms. The fourth-order valence-electron chi connectivity index (χ4n) is 4.25. The van der Waals surface area contributed by atoms with Crippen molar-refractivity contribution in [3.63, 3.8) is 0 Å². The zero-order chi connectivity index (χ0) is 21.4. The summed E-state index contributed by atoms with van der Waals surface area (Å²) in [7, 11) is 1.93. The maximum absolute atomic E-state index is 5.67. The van der Waals surface area contributed by atoms with Crippen LogP contribution in [0.3, 0.4) is 0 Å². The highest BCUT2D eigenvalue weighted by Crippen LogP contribution is 2.36. The number of ether oxygens (including phenoxy) is 1. The summed E-state index contributed by atoms with van der Waals surface area (Å²) < 4.78 is 5.67. The first-order chi connectivity index (χ1) is 15.1. The predicted molar refractivity (Wildman–Crippen MR) is 124 cm³/mol. The van der Waals surface area contributed by atoms with E-state index >= 15 is 0 Å². The van der Waals surface area contributed by atoms with Crippen LogP contribution in [0.5, 0.6) is 5.88 Å². The average Bonchev–Trinajstić information content (AvgIpc) is 2.79. The molecule has 0 aliphatic carbocycles. The summed E-state index contributed by atoms with van der Waals surface area (Å²) in [4.78, 5) is 16.2. The molecular formula is C23H27N7O. The van der Waals surface area contributed by atoms with Gasteiger partial charge in [-0.05, 0) is 49.6 Å². The van der Waals surface area contributed by atoms with Crippen LogP contribution < -0.4 is 25.6 Å². The molecule has 3 aromatic rings. The molecule has 0 atom stereocenters. The Morgan fingerprint density at radius 1 is 1.16 bits per heavy atom. The van der Waals surface area contributed by atoms with Crippen LogP contribution in [0.15, 0.2) is 30.6 Å². The fourth-order valence-corrected chi connectivity index (χ4v) is 4.25. The minimum absolute atomic E-state index is 0.618. The topological polar surface area (TPSA) is 87.2 Å². The van der Waals surface area contributed by atoms with Crippen LogP contribution in [-0.2, 0) is 13.0 Å². The van der Waals surface area contributed by atoms with E-state index in [1.165, 1.54) is 16.7 Å². The van der Waals surface area contributed by atoms with Crippen LogP contribution in [0.2, 0.25) is 0 Å². The number of aromatic nitrogens is 3. The Bertz CT molecular complexity index is 1130. The number of aryl methyl sites for hydroxylation is 1. The van der Waals surface area contributed by atoms with Gasteiger partial charge in [0.2, 0.25) is 11.8 Å². The van der Waals surface area contributed by atoms with Gasteiger partial charge in [0.15, 0.2) is 0 Å². The van der Waals surface area contributed by atoms with E-state index in [9.17, 15) is 0 Å². The van der Waals surface area contributed by atoms with E-state index < -0.39 is 0 Å². The van der Waals surface area contributed by atoms with Crippen molar-refractivity contribution in [3.05, 3.63) is 53.0 Å². The molecule has 0 saturated heterocycles. The van der Waals surface area contributed by atoms with E-state index in [0.717, 1.165) is 54.5 Å². The molecule has 31 heavy (non-hydrogen) atoms. The summed E-state index contributed by atoms with van der Waals surface area (Å²) in [6.07, 6.45) is 4.77. The molecule has 0 amide bonds. The highest BCUT2D eigenvalue weighted by Gasteiger charge is 2.24. The Morgan fingerprint density at radius 3 is 2.90 bits per heavy atom. The maximum atomic E-state index is 5.67. The molecule has 8 nitrogen and oxygen atoms in total. The smallest absolute Gasteiger partial charge is 0.237 e. The Labute approximate surface area is 182 Å². The molecule has 2 aromatic heterocycles. The lowest BCUT2D eigenvalue weighted by molar-refractivity contribution is 0.310. The molecule has 4 heterocycles. The van der Waals surface area contributed by atoms with Gasteiger partial charge < -0.3 is 25.6 Å². The number of benzene rings is 1. The molecule has 0 spiro atoms. The van der Waals surface area contributed by atoms with Crippen LogP contribution in [0.25, 0.3) is 0 Å². The van der Waals surface area contributed by atoms with Gasteiger partial charge in [-0.15, -0.1) is 0 Å². The first kappa shape index (κ1) is 19.4. The van der Waals surface area contributed by atoms with Gasteiger partial charge in [0.05, 0.1) is 24.1 Å². The quantitative estimate of drug-likeness (QED) is 0.593. The molecule has 2 aliphatic heterocycles. The normalized spacial score (nSPS) is 14.7. The van der Waals surface area contributed by atoms with Gasteiger partial charge in [0.1, 0.15) is 12.3 Å². The third kappa shape index (κ3) is 3.69. The molecule has 0 fully saturated rings.